The van der Waals surface area contributed by atoms with E-state index in [1.807, 2.05) is 0 Å². The molecule has 7 nitrogen and oxygen atoms in total. The number of anilines is 2. The first-order valence-electron chi connectivity index (χ1n) is 7.58. The van der Waals surface area contributed by atoms with Crippen molar-refractivity contribution in [1.82, 2.24) is 4.31 Å². The molecule has 9 heteroatoms. The minimum absolute atomic E-state index is 0.107. The van der Waals surface area contributed by atoms with Gasteiger partial charge in [-0.1, -0.05) is 15.9 Å². The third-order valence-electron chi connectivity index (χ3n) is 3.38. The Kier molecular flexibility index (Phi) is 6.52. The Balaban J connectivity index is 2.00. The normalized spacial score (nSPS) is 11.2. The highest BCUT2D eigenvalue weighted by molar-refractivity contribution is 9.10. The van der Waals surface area contributed by atoms with E-state index in [0.29, 0.717) is 11.4 Å². The predicted molar refractivity (Wildman–Crippen MR) is 103 cm³/mol. The van der Waals surface area contributed by atoms with Crippen LogP contribution in [0, 0.1) is 0 Å². The Bertz CT molecular complexity index is 897. The van der Waals surface area contributed by atoms with E-state index in [4.69, 9.17) is 0 Å². The van der Waals surface area contributed by atoms with Gasteiger partial charge < -0.3 is 10.6 Å². The molecule has 0 unspecified atom stereocenters. The first-order valence-corrected chi connectivity index (χ1v) is 9.81. The average Bonchev–Trinajstić information content (AvgIpc) is 2.56. The van der Waals surface area contributed by atoms with Gasteiger partial charge in [0, 0.05) is 29.8 Å². The zero-order valence-electron chi connectivity index (χ0n) is 14.2. The summed E-state index contributed by atoms with van der Waals surface area (Å²) in [5.74, 6) is -0.665. The highest BCUT2D eigenvalue weighted by atomic mass is 79.9. The lowest BCUT2D eigenvalue weighted by Gasteiger charge is -2.17. The standard InChI is InChI=1S/C17H18BrN3O4S/c1-12(22)19-14-5-7-15(8-6-14)20-17(23)11-21(2)26(24,25)16-9-3-13(18)4-10-16/h3-10H,11H2,1-2H3,(H,19,22)(H,20,23). The molecule has 0 aliphatic heterocycles. The lowest BCUT2D eigenvalue weighted by Crippen LogP contribution is -2.34. The molecule has 0 spiro atoms. The summed E-state index contributed by atoms with van der Waals surface area (Å²) in [6.45, 7) is 1.07. The van der Waals surface area contributed by atoms with Crippen molar-refractivity contribution in [2.45, 2.75) is 11.8 Å². The van der Waals surface area contributed by atoms with Crippen LogP contribution in [0.15, 0.2) is 57.9 Å². The molecule has 2 N–H and O–H groups in total. The Hall–Kier alpha value is -2.23. The van der Waals surface area contributed by atoms with Gasteiger partial charge in [0.25, 0.3) is 0 Å². The van der Waals surface area contributed by atoms with Crippen LogP contribution in [0.25, 0.3) is 0 Å². The summed E-state index contributed by atoms with van der Waals surface area (Å²) in [6, 6.07) is 12.7. The van der Waals surface area contributed by atoms with E-state index in [2.05, 4.69) is 26.6 Å². The Morgan fingerprint density at radius 1 is 0.962 bits per heavy atom. The Labute approximate surface area is 160 Å². The summed E-state index contributed by atoms with van der Waals surface area (Å²) < 4.78 is 26.7. The lowest BCUT2D eigenvalue weighted by atomic mass is 10.2. The number of rotatable bonds is 6. The molecular formula is C17H18BrN3O4S. The number of hydrogen-bond acceptors (Lipinski definition) is 4. The van der Waals surface area contributed by atoms with Crippen LogP contribution in [0.1, 0.15) is 6.92 Å². The summed E-state index contributed by atoms with van der Waals surface area (Å²) in [5.41, 5.74) is 1.10. The van der Waals surface area contributed by atoms with Crippen LogP contribution in [0.5, 0.6) is 0 Å². The number of benzene rings is 2. The number of nitrogens with one attached hydrogen (secondary N) is 2. The largest absolute Gasteiger partial charge is 0.326 e. The van der Waals surface area contributed by atoms with Crippen LogP contribution in [0.3, 0.4) is 0 Å². The highest BCUT2D eigenvalue weighted by Gasteiger charge is 2.22. The number of nitrogens with zero attached hydrogens (tertiary/aromatic N) is 1. The fraction of sp³-hybridized carbons (Fsp3) is 0.176. The molecule has 0 heterocycles. The maximum Gasteiger partial charge on any atom is 0.243 e. The van der Waals surface area contributed by atoms with Crippen molar-refractivity contribution < 1.29 is 18.0 Å². The van der Waals surface area contributed by atoms with E-state index in [1.165, 1.54) is 26.1 Å². The molecule has 0 saturated heterocycles. The van der Waals surface area contributed by atoms with Gasteiger partial charge in [0.15, 0.2) is 0 Å². The molecule has 0 saturated carbocycles. The van der Waals surface area contributed by atoms with Gasteiger partial charge in [-0.2, -0.15) is 4.31 Å². The fourth-order valence-corrected chi connectivity index (χ4v) is 3.51. The van der Waals surface area contributed by atoms with Crippen molar-refractivity contribution in [1.29, 1.82) is 0 Å². The van der Waals surface area contributed by atoms with E-state index in [1.54, 1.807) is 36.4 Å². The molecule has 0 aliphatic carbocycles. The van der Waals surface area contributed by atoms with Crippen molar-refractivity contribution in [3.05, 3.63) is 53.0 Å². The molecular weight excluding hydrogens is 422 g/mol. The number of halogens is 1. The van der Waals surface area contributed by atoms with Crippen LogP contribution >= 0.6 is 15.9 Å². The van der Waals surface area contributed by atoms with Crippen LogP contribution in [0.2, 0.25) is 0 Å². The van der Waals surface area contributed by atoms with Crippen molar-refractivity contribution in [2.24, 2.45) is 0 Å². The average molecular weight is 440 g/mol. The molecule has 2 aromatic carbocycles. The van der Waals surface area contributed by atoms with Gasteiger partial charge >= 0.3 is 0 Å². The second-order valence-corrected chi connectivity index (χ2v) is 8.48. The minimum Gasteiger partial charge on any atom is -0.326 e. The zero-order chi connectivity index (χ0) is 19.3. The molecule has 0 aromatic heterocycles. The number of sulfonamides is 1. The monoisotopic (exact) mass is 439 g/mol. The van der Waals surface area contributed by atoms with Crippen LogP contribution in [0.4, 0.5) is 11.4 Å². The summed E-state index contributed by atoms with van der Waals surface area (Å²) in [5, 5.41) is 5.24. The van der Waals surface area contributed by atoms with Gasteiger partial charge in [-0.3, -0.25) is 9.59 Å². The zero-order valence-corrected chi connectivity index (χ0v) is 16.6. The number of carbonyl (C=O) groups is 2. The molecule has 2 aromatic rings. The van der Waals surface area contributed by atoms with E-state index in [9.17, 15) is 18.0 Å². The summed E-state index contributed by atoms with van der Waals surface area (Å²) in [7, 11) is -2.42. The second kappa shape index (κ2) is 8.43. The highest BCUT2D eigenvalue weighted by Crippen LogP contribution is 2.18. The Morgan fingerprint density at radius 2 is 1.46 bits per heavy atom. The molecule has 0 aliphatic rings. The summed E-state index contributed by atoms with van der Waals surface area (Å²) in [4.78, 5) is 23.2. The smallest absolute Gasteiger partial charge is 0.243 e. The predicted octanol–water partition coefficient (Wildman–Crippen LogP) is 2.67. The number of carbonyl (C=O) groups excluding carboxylic acids is 2. The quantitative estimate of drug-likeness (QED) is 0.722. The van der Waals surface area contributed by atoms with E-state index in [-0.39, 0.29) is 17.3 Å². The molecule has 138 valence electrons. The van der Waals surface area contributed by atoms with Gasteiger partial charge in [0.1, 0.15) is 0 Å². The van der Waals surface area contributed by atoms with E-state index in [0.717, 1.165) is 8.78 Å². The van der Waals surface area contributed by atoms with Crippen molar-refractivity contribution >= 4 is 49.1 Å². The number of hydrogen-bond donors (Lipinski definition) is 2. The molecule has 0 bridgehead atoms. The van der Waals surface area contributed by atoms with Crippen molar-refractivity contribution in [3.8, 4) is 0 Å². The summed E-state index contributed by atoms with van der Waals surface area (Å²) >= 11 is 3.25. The van der Waals surface area contributed by atoms with Gasteiger partial charge in [-0.05, 0) is 48.5 Å². The fourth-order valence-electron chi connectivity index (χ4n) is 2.11. The van der Waals surface area contributed by atoms with Crippen LogP contribution in [-0.4, -0.2) is 38.1 Å². The van der Waals surface area contributed by atoms with Crippen LogP contribution < -0.4 is 10.6 Å². The molecule has 2 amide bonds. The molecule has 0 atom stereocenters. The first-order chi connectivity index (χ1) is 12.2. The number of likely N-dealkylation sites (N-methyl/N-ethyl adjacent to an activating group) is 1. The van der Waals surface area contributed by atoms with Crippen molar-refractivity contribution in [3.63, 3.8) is 0 Å². The van der Waals surface area contributed by atoms with E-state index >= 15 is 0 Å². The van der Waals surface area contributed by atoms with Gasteiger partial charge in [0.2, 0.25) is 21.8 Å². The second-order valence-electron chi connectivity index (χ2n) is 5.52. The van der Waals surface area contributed by atoms with Crippen molar-refractivity contribution in [2.75, 3.05) is 24.2 Å². The topological polar surface area (TPSA) is 95.6 Å². The molecule has 26 heavy (non-hydrogen) atoms. The van der Waals surface area contributed by atoms with Gasteiger partial charge in [-0.15, -0.1) is 0 Å². The Morgan fingerprint density at radius 3 is 1.96 bits per heavy atom. The third-order valence-corrected chi connectivity index (χ3v) is 5.72. The van der Waals surface area contributed by atoms with E-state index < -0.39 is 15.9 Å². The SMILES string of the molecule is CC(=O)Nc1ccc(NC(=O)CN(C)S(=O)(=O)c2ccc(Br)cc2)cc1. The number of amides is 2. The molecule has 0 fully saturated rings. The maximum absolute atomic E-state index is 12.5. The van der Waals surface area contributed by atoms with Gasteiger partial charge in [-0.25, -0.2) is 8.42 Å². The third kappa shape index (κ3) is 5.38. The lowest BCUT2D eigenvalue weighted by molar-refractivity contribution is -0.116. The van der Waals surface area contributed by atoms with Gasteiger partial charge in [0.05, 0.1) is 11.4 Å². The summed E-state index contributed by atoms with van der Waals surface area (Å²) in [6.07, 6.45) is 0. The first kappa shape index (κ1) is 20.1. The molecule has 2 rings (SSSR count). The van der Waals surface area contributed by atoms with Crippen LogP contribution in [-0.2, 0) is 19.6 Å². The minimum atomic E-state index is -3.76. The maximum atomic E-state index is 12.5. The molecule has 0 radical (unpaired) electrons.